The van der Waals surface area contributed by atoms with E-state index in [-0.39, 0.29) is 11.8 Å². The Labute approximate surface area is 147 Å². The highest BCUT2D eigenvalue weighted by molar-refractivity contribution is 7.98. The highest BCUT2D eigenvalue weighted by Gasteiger charge is 2.34. The van der Waals surface area contributed by atoms with Crippen molar-refractivity contribution in [2.75, 3.05) is 5.75 Å². The van der Waals surface area contributed by atoms with Gasteiger partial charge in [0.25, 0.3) is 11.8 Å². The van der Waals surface area contributed by atoms with E-state index in [1.54, 1.807) is 24.3 Å². The number of nitrogens with zero attached hydrogens (tertiary/aromatic N) is 1. The molecule has 1 aliphatic heterocycles. The van der Waals surface area contributed by atoms with Crippen molar-refractivity contribution in [2.24, 2.45) is 0 Å². The average molecular weight is 339 g/mol. The van der Waals surface area contributed by atoms with Gasteiger partial charge < -0.3 is 0 Å². The van der Waals surface area contributed by atoms with Gasteiger partial charge in [0.05, 0.1) is 17.7 Å². The normalized spacial score (nSPS) is 13.5. The minimum Gasteiger partial charge on any atom is -0.270 e. The van der Waals surface area contributed by atoms with Gasteiger partial charge in [-0.05, 0) is 35.4 Å². The Hall–Kier alpha value is -2.07. The van der Waals surface area contributed by atoms with Crippen LogP contribution in [0.5, 0.6) is 0 Å². The van der Waals surface area contributed by atoms with E-state index in [4.69, 9.17) is 0 Å². The lowest BCUT2D eigenvalue weighted by Gasteiger charge is -2.14. The van der Waals surface area contributed by atoms with Crippen molar-refractivity contribution < 1.29 is 9.59 Å². The van der Waals surface area contributed by atoms with Gasteiger partial charge in [0, 0.05) is 5.75 Å². The Bertz CT molecular complexity index is 705. The van der Waals surface area contributed by atoms with Gasteiger partial charge in [-0.15, -0.1) is 0 Å². The van der Waals surface area contributed by atoms with E-state index in [0.29, 0.717) is 17.7 Å². The first-order valence-electron chi connectivity index (χ1n) is 8.31. The standard InChI is InChI=1S/C20H21NO2S/c1-2-3-12-24-14-16-10-8-15(9-11-16)13-21-19(22)17-6-4-5-7-18(17)20(21)23/h4-11H,2-3,12-14H2,1H3. The van der Waals surface area contributed by atoms with Gasteiger partial charge >= 0.3 is 0 Å². The molecule has 3 rings (SSSR count). The monoisotopic (exact) mass is 339 g/mol. The van der Waals surface area contributed by atoms with Crippen LogP contribution in [-0.2, 0) is 12.3 Å². The third-order valence-electron chi connectivity index (χ3n) is 4.15. The average Bonchev–Trinajstić information content (AvgIpc) is 2.85. The number of hydrogen-bond donors (Lipinski definition) is 0. The maximum Gasteiger partial charge on any atom is 0.261 e. The van der Waals surface area contributed by atoms with Crippen molar-refractivity contribution >= 4 is 23.6 Å². The summed E-state index contributed by atoms with van der Waals surface area (Å²) in [7, 11) is 0. The fourth-order valence-electron chi connectivity index (χ4n) is 2.74. The molecule has 2 amide bonds. The highest BCUT2D eigenvalue weighted by Crippen LogP contribution is 2.24. The molecule has 4 heteroatoms. The lowest BCUT2D eigenvalue weighted by molar-refractivity contribution is 0.0642. The summed E-state index contributed by atoms with van der Waals surface area (Å²) in [6, 6.07) is 15.2. The molecule has 0 N–H and O–H groups in total. The quantitative estimate of drug-likeness (QED) is 0.550. The van der Waals surface area contributed by atoms with Crippen LogP contribution in [0.15, 0.2) is 48.5 Å². The van der Waals surface area contributed by atoms with Crippen molar-refractivity contribution in [2.45, 2.75) is 32.1 Å². The Kier molecular flexibility index (Phi) is 5.36. The van der Waals surface area contributed by atoms with Crippen LogP contribution in [0.25, 0.3) is 0 Å². The molecule has 24 heavy (non-hydrogen) atoms. The summed E-state index contributed by atoms with van der Waals surface area (Å²) >= 11 is 1.94. The van der Waals surface area contributed by atoms with Gasteiger partial charge in [0.15, 0.2) is 0 Å². The number of imide groups is 1. The molecule has 0 fully saturated rings. The third-order valence-corrected chi connectivity index (χ3v) is 5.27. The van der Waals surface area contributed by atoms with Gasteiger partial charge in [-0.3, -0.25) is 14.5 Å². The maximum absolute atomic E-state index is 12.4. The van der Waals surface area contributed by atoms with Crippen LogP contribution >= 0.6 is 11.8 Å². The molecule has 0 bridgehead atoms. The molecule has 0 unspecified atom stereocenters. The first kappa shape index (κ1) is 16.8. The van der Waals surface area contributed by atoms with E-state index in [1.807, 2.05) is 23.9 Å². The molecular weight excluding hydrogens is 318 g/mol. The first-order valence-corrected chi connectivity index (χ1v) is 9.47. The van der Waals surface area contributed by atoms with E-state index in [9.17, 15) is 9.59 Å². The summed E-state index contributed by atoms with van der Waals surface area (Å²) < 4.78 is 0. The summed E-state index contributed by atoms with van der Waals surface area (Å²) in [5.41, 5.74) is 3.27. The van der Waals surface area contributed by atoms with Crippen LogP contribution in [-0.4, -0.2) is 22.5 Å². The fraction of sp³-hybridized carbons (Fsp3) is 0.300. The lowest BCUT2D eigenvalue weighted by atomic mass is 10.1. The van der Waals surface area contributed by atoms with Crippen LogP contribution < -0.4 is 0 Å². The second-order valence-electron chi connectivity index (χ2n) is 5.96. The predicted molar refractivity (Wildman–Crippen MR) is 98.2 cm³/mol. The van der Waals surface area contributed by atoms with Crippen molar-refractivity contribution in [3.05, 3.63) is 70.8 Å². The number of fused-ring (bicyclic) bond motifs is 1. The summed E-state index contributed by atoms with van der Waals surface area (Å²) in [6.07, 6.45) is 2.48. The van der Waals surface area contributed by atoms with Crippen LogP contribution in [0.1, 0.15) is 51.6 Å². The van der Waals surface area contributed by atoms with Gasteiger partial charge in [0.2, 0.25) is 0 Å². The SMILES string of the molecule is CCCCSCc1ccc(CN2C(=O)c3ccccc3C2=O)cc1. The zero-order valence-electron chi connectivity index (χ0n) is 13.8. The lowest BCUT2D eigenvalue weighted by Crippen LogP contribution is -2.29. The Balaban J connectivity index is 1.63. The number of carbonyl (C=O) groups excluding carboxylic acids is 2. The van der Waals surface area contributed by atoms with Crippen LogP contribution in [0.3, 0.4) is 0 Å². The minimum absolute atomic E-state index is 0.199. The van der Waals surface area contributed by atoms with Crippen molar-refractivity contribution in [3.63, 3.8) is 0 Å². The summed E-state index contributed by atoms with van der Waals surface area (Å²) in [4.78, 5) is 26.1. The van der Waals surface area contributed by atoms with Crippen molar-refractivity contribution in [1.29, 1.82) is 0 Å². The molecule has 1 heterocycles. The number of hydrogen-bond acceptors (Lipinski definition) is 3. The number of benzene rings is 2. The van der Waals surface area contributed by atoms with Gasteiger partial charge in [-0.1, -0.05) is 49.7 Å². The topological polar surface area (TPSA) is 37.4 Å². The number of carbonyl (C=O) groups is 2. The zero-order chi connectivity index (χ0) is 16.9. The molecule has 0 aromatic heterocycles. The number of unbranched alkanes of at least 4 members (excludes halogenated alkanes) is 1. The molecular formula is C20H21NO2S. The molecule has 124 valence electrons. The molecule has 2 aromatic carbocycles. The summed E-state index contributed by atoms with van der Waals surface area (Å²) in [5, 5.41) is 0. The Morgan fingerprint density at radius 3 is 2.04 bits per heavy atom. The molecule has 0 radical (unpaired) electrons. The number of thioether (sulfide) groups is 1. The number of rotatable bonds is 7. The summed E-state index contributed by atoms with van der Waals surface area (Å²) in [5.74, 6) is 1.80. The fourth-order valence-corrected chi connectivity index (χ4v) is 3.81. The molecule has 0 saturated carbocycles. The van der Waals surface area contributed by atoms with Crippen LogP contribution in [0, 0.1) is 0 Å². The van der Waals surface area contributed by atoms with E-state index in [0.717, 1.165) is 11.3 Å². The van der Waals surface area contributed by atoms with E-state index in [2.05, 4.69) is 19.1 Å². The van der Waals surface area contributed by atoms with E-state index < -0.39 is 0 Å². The molecule has 2 aromatic rings. The maximum atomic E-state index is 12.4. The zero-order valence-corrected chi connectivity index (χ0v) is 14.6. The van der Waals surface area contributed by atoms with Crippen LogP contribution in [0.2, 0.25) is 0 Å². The minimum atomic E-state index is -0.199. The Morgan fingerprint density at radius 1 is 0.875 bits per heavy atom. The van der Waals surface area contributed by atoms with Gasteiger partial charge in [-0.2, -0.15) is 11.8 Å². The second kappa shape index (κ2) is 7.67. The van der Waals surface area contributed by atoms with Crippen LogP contribution in [0.4, 0.5) is 0 Å². The van der Waals surface area contributed by atoms with Crippen molar-refractivity contribution in [1.82, 2.24) is 4.90 Å². The van der Waals surface area contributed by atoms with E-state index in [1.165, 1.54) is 29.1 Å². The molecule has 0 saturated heterocycles. The third kappa shape index (κ3) is 3.54. The van der Waals surface area contributed by atoms with Gasteiger partial charge in [0.1, 0.15) is 0 Å². The molecule has 0 aliphatic carbocycles. The Morgan fingerprint density at radius 2 is 1.46 bits per heavy atom. The second-order valence-corrected chi connectivity index (χ2v) is 7.07. The largest absolute Gasteiger partial charge is 0.270 e. The van der Waals surface area contributed by atoms with E-state index >= 15 is 0 Å². The molecule has 1 aliphatic rings. The molecule has 3 nitrogen and oxygen atoms in total. The number of amides is 2. The predicted octanol–water partition coefficient (Wildman–Crippen LogP) is 4.52. The first-order chi connectivity index (χ1) is 11.7. The molecule has 0 spiro atoms. The highest BCUT2D eigenvalue weighted by atomic mass is 32.2. The summed E-state index contributed by atoms with van der Waals surface area (Å²) in [6.45, 7) is 2.53. The van der Waals surface area contributed by atoms with Gasteiger partial charge in [-0.25, -0.2) is 0 Å². The molecule has 0 atom stereocenters. The smallest absolute Gasteiger partial charge is 0.261 e. The van der Waals surface area contributed by atoms with Crippen molar-refractivity contribution in [3.8, 4) is 0 Å².